The van der Waals surface area contributed by atoms with Gasteiger partial charge in [0.05, 0.1) is 22.8 Å². The van der Waals surface area contributed by atoms with Gasteiger partial charge in [-0.1, -0.05) is 23.3 Å². The van der Waals surface area contributed by atoms with Crippen LogP contribution in [0.3, 0.4) is 0 Å². The lowest BCUT2D eigenvalue weighted by Gasteiger charge is -2.60. The third kappa shape index (κ3) is 3.28. The second-order valence-electron chi connectivity index (χ2n) is 10.1. The molecule has 1 heterocycles. The number of anilines is 1. The van der Waals surface area contributed by atoms with Gasteiger partial charge in [0, 0.05) is 6.54 Å². The van der Waals surface area contributed by atoms with Crippen molar-refractivity contribution in [1.82, 2.24) is 9.78 Å². The number of hydrogen-bond donors (Lipinski definition) is 2. The van der Waals surface area contributed by atoms with E-state index in [0.717, 1.165) is 57.9 Å². The number of carbonyl (C=O) groups is 1. The second kappa shape index (κ2) is 7.40. The van der Waals surface area contributed by atoms with Crippen molar-refractivity contribution in [3.63, 3.8) is 0 Å². The lowest BCUT2D eigenvalue weighted by atomic mass is 9.47. The van der Waals surface area contributed by atoms with E-state index in [-0.39, 0.29) is 10.6 Å². The summed E-state index contributed by atoms with van der Waals surface area (Å²) in [5.41, 5.74) is 0.545. The standard InChI is InChI=1S/C23H30ClN3O3/c24-19-18(25-7-6-15-4-2-1-3-5-15)13-26-27(20(19)28)23-11-16-8-17(12-23)10-22(9-16,14-23)21(29)30/h4,13,16-17,25H,1-3,5-12,14H2,(H,29,30)/t16-,17+,22?,23?. The van der Waals surface area contributed by atoms with Crippen molar-refractivity contribution in [1.29, 1.82) is 0 Å². The first-order chi connectivity index (χ1) is 14.4. The van der Waals surface area contributed by atoms with Gasteiger partial charge in [-0.05, 0) is 82.5 Å². The molecule has 1 aromatic rings. The normalized spacial score (nSPS) is 34.6. The predicted octanol–water partition coefficient (Wildman–Crippen LogP) is 4.58. The van der Waals surface area contributed by atoms with E-state index < -0.39 is 16.9 Å². The number of halogens is 1. The van der Waals surface area contributed by atoms with Gasteiger partial charge in [0.2, 0.25) is 0 Å². The zero-order chi connectivity index (χ0) is 20.9. The molecule has 2 N–H and O–H groups in total. The highest BCUT2D eigenvalue weighted by atomic mass is 35.5. The Balaban J connectivity index is 1.38. The number of aromatic nitrogens is 2. The van der Waals surface area contributed by atoms with Gasteiger partial charge in [0.15, 0.2) is 0 Å². The maximum absolute atomic E-state index is 13.2. The molecule has 5 aliphatic rings. The molecule has 0 saturated heterocycles. The smallest absolute Gasteiger partial charge is 0.309 e. The molecule has 7 heteroatoms. The van der Waals surface area contributed by atoms with Gasteiger partial charge < -0.3 is 10.4 Å². The Hall–Kier alpha value is -1.82. The Morgan fingerprint density at radius 2 is 2.03 bits per heavy atom. The van der Waals surface area contributed by atoms with Gasteiger partial charge in [-0.25, -0.2) is 4.68 Å². The Labute approximate surface area is 181 Å². The Morgan fingerprint density at radius 1 is 1.27 bits per heavy atom. The van der Waals surface area contributed by atoms with Crippen molar-refractivity contribution in [3.8, 4) is 0 Å². The molecular formula is C23H30ClN3O3. The Morgan fingerprint density at radius 3 is 2.70 bits per heavy atom. The number of nitrogens with one attached hydrogen (secondary N) is 1. The van der Waals surface area contributed by atoms with Crippen LogP contribution in [-0.2, 0) is 10.3 Å². The lowest BCUT2D eigenvalue weighted by Crippen LogP contribution is -2.61. The molecule has 4 saturated carbocycles. The van der Waals surface area contributed by atoms with Crippen LogP contribution in [0.1, 0.15) is 70.6 Å². The maximum Gasteiger partial charge on any atom is 0.309 e. The number of carboxylic acid groups (broad SMARTS) is 1. The zero-order valence-corrected chi connectivity index (χ0v) is 18.1. The third-order valence-electron chi connectivity index (χ3n) is 8.00. The molecule has 4 fully saturated rings. The Kier molecular flexibility index (Phi) is 4.96. The molecule has 0 aromatic carbocycles. The highest BCUT2D eigenvalue weighted by Crippen LogP contribution is 2.63. The fourth-order valence-electron chi connectivity index (χ4n) is 7.10. The van der Waals surface area contributed by atoms with E-state index in [1.807, 2.05) is 0 Å². The van der Waals surface area contributed by atoms with E-state index in [1.54, 1.807) is 10.9 Å². The molecule has 6 nitrogen and oxygen atoms in total. The van der Waals surface area contributed by atoms with Crippen molar-refractivity contribution in [2.45, 2.75) is 76.2 Å². The first kappa shape index (κ1) is 20.1. The summed E-state index contributed by atoms with van der Waals surface area (Å²) in [6, 6.07) is 0. The van der Waals surface area contributed by atoms with Crippen molar-refractivity contribution in [2.24, 2.45) is 17.3 Å². The largest absolute Gasteiger partial charge is 0.481 e. The second-order valence-corrected chi connectivity index (χ2v) is 10.5. The van der Waals surface area contributed by atoms with E-state index in [2.05, 4.69) is 16.5 Å². The van der Waals surface area contributed by atoms with Crippen LogP contribution in [0.4, 0.5) is 5.69 Å². The molecule has 1 aromatic heterocycles. The summed E-state index contributed by atoms with van der Waals surface area (Å²) < 4.78 is 1.54. The number of aliphatic carboxylic acids is 1. The summed E-state index contributed by atoms with van der Waals surface area (Å²) in [7, 11) is 0. The van der Waals surface area contributed by atoms with Crippen LogP contribution in [0.5, 0.6) is 0 Å². The SMILES string of the molecule is O=C(O)C12C[C@H]3C[C@@H](C1)CC(n1ncc(NCCC4=CCCCC4)c(Cl)c1=O)(C3)C2. The third-order valence-corrected chi connectivity index (χ3v) is 8.36. The van der Waals surface area contributed by atoms with E-state index in [9.17, 15) is 14.7 Å². The van der Waals surface area contributed by atoms with Gasteiger partial charge in [-0.15, -0.1) is 0 Å². The van der Waals surface area contributed by atoms with Crippen LogP contribution in [0.25, 0.3) is 0 Å². The highest BCUT2D eigenvalue weighted by Gasteiger charge is 2.62. The molecule has 0 spiro atoms. The fraction of sp³-hybridized carbons (Fsp3) is 0.696. The van der Waals surface area contributed by atoms with Crippen LogP contribution in [-0.4, -0.2) is 27.4 Å². The Bertz CT molecular complexity index is 940. The van der Waals surface area contributed by atoms with Crippen LogP contribution in [0.2, 0.25) is 5.02 Å². The van der Waals surface area contributed by atoms with Gasteiger partial charge in [0.25, 0.3) is 5.56 Å². The average molecular weight is 432 g/mol. The van der Waals surface area contributed by atoms with E-state index in [4.69, 9.17) is 11.6 Å². The summed E-state index contributed by atoms with van der Waals surface area (Å²) in [4.78, 5) is 25.3. The number of rotatable bonds is 6. The molecule has 6 rings (SSSR count). The van der Waals surface area contributed by atoms with E-state index >= 15 is 0 Å². The predicted molar refractivity (Wildman–Crippen MR) is 116 cm³/mol. The number of hydrogen-bond acceptors (Lipinski definition) is 4. The molecule has 162 valence electrons. The number of nitrogens with zero attached hydrogens (tertiary/aromatic N) is 2. The minimum Gasteiger partial charge on any atom is -0.481 e. The molecule has 30 heavy (non-hydrogen) atoms. The summed E-state index contributed by atoms with van der Waals surface area (Å²) in [5, 5.41) is 18.0. The summed E-state index contributed by atoms with van der Waals surface area (Å²) in [6.45, 7) is 0.730. The molecule has 4 bridgehead atoms. The topological polar surface area (TPSA) is 84.2 Å². The first-order valence-electron chi connectivity index (χ1n) is 11.3. The van der Waals surface area contributed by atoms with Crippen molar-refractivity contribution in [2.75, 3.05) is 11.9 Å². The lowest BCUT2D eigenvalue weighted by molar-refractivity contribution is -0.173. The van der Waals surface area contributed by atoms with Gasteiger partial charge >= 0.3 is 5.97 Å². The van der Waals surface area contributed by atoms with Crippen molar-refractivity contribution < 1.29 is 9.90 Å². The highest BCUT2D eigenvalue weighted by molar-refractivity contribution is 6.32. The minimum absolute atomic E-state index is 0.169. The summed E-state index contributed by atoms with van der Waals surface area (Å²) in [6.07, 6.45) is 14.5. The summed E-state index contributed by atoms with van der Waals surface area (Å²) in [5.74, 6) is 0.00298. The van der Waals surface area contributed by atoms with Crippen LogP contribution < -0.4 is 10.9 Å². The fourth-order valence-corrected chi connectivity index (χ4v) is 7.29. The molecule has 5 aliphatic carbocycles. The first-order valence-corrected chi connectivity index (χ1v) is 11.7. The van der Waals surface area contributed by atoms with Gasteiger partial charge in [-0.2, -0.15) is 5.10 Å². The minimum atomic E-state index is -0.713. The molecule has 4 atom stereocenters. The maximum atomic E-state index is 13.2. The van der Waals surface area contributed by atoms with Gasteiger partial charge in [-0.3, -0.25) is 9.59 Å². The quantitative estimate of drug-likeness (QED) is 0.644. The molecule has 0 amide bonds. The zero-order valence-electron chi connectivity index (χ0n) is 17.3. The molecular weight excluding hydrogens is 402 g/mol. The number of allylic oxidation sites excluding steroid dienone is 1. The molecule has 0 radical (unpaired) electrons. The molecule has 0 aliphatic heterocycles. The summed E-state index contributed by atoms with van der Waals surface area (Å²) >= 11 is 6.49. The van der Waals surface area contributed by atoms with Crippen molar-refractivity contribution >= 4 is 23.3 Å². The number of carboxylic acids is 1. The van der Waals surface area contributed by atoms with E-state index in [1.165, 1.54) is 18.4 Å². The van der Waals surface area contributed by atoms with E-state index in [0.29, 0.717) is 23.9 Å². The van der Waals surface area contributed by atoms with Crippen LogP contribution >= 0.6 is 11.6 Å². The van der Waals surface area contributed by atoms with Crippen LogP contribution in [0.15, 0.2) is 22.6 Å². The molecule has 2 unspecified atom stereocenters. The average Bonchev–Trinajstić information content (AvgIpc) is 2.71. The van der Waals surface area contributed by atoms with Crippen molar-refractivity contribution in [3.05, 3.63) is 33.2 Å². The monoisotopic (exact) mass is 431 g/mol. The van der Waals surface area contributed by atoms with Crippen LogP contribution in [0, 0.1) is 17.3 Å². The van der Waals surface area contributed by atoms with Gasteiger partial charge in [0.1, 0.15) is 5.02 Å².